The topological polar surface area (TPSA) is 71.8 Å². The van der Waals surface area contributed by atoms with Crippen LogP contribution in [0.25, 0.3) is 11.0 Å². The maximum Gasteiger partial charge on any atom is 0.336 e. The summed E-state index contributed by atoms with van der Waals surface area (Å²) >= 11 is 12.2. The molecule has 0 unspecified atom stereocenters. The second kappa shape index (κ2) is 8.86. The molecule has 0 aliphatic carbocycles. The maximum atomic E-state index is 12.5. The first kappa shape index (κ1) is 21.2. The lowest BCUT2D eigenvalue weighted by Gasteiger charge is -2.18. The number of hydrogen-bond donors (Lipinski definition) is 1. The number of nitrogens with zero attached hydrogens (tertiary/aromatic N) is 1. The Balaban J connectivity index is 1.76. The van der Waals surface area contributed by atoms with Gasteiger partial charge in [0.1, 0.15) is 11.3 Å². The summed E-state index contributed by atoms with van der Waals surface area (Å²) < 4.78 is 10.5. The number of ether oxygens (including phenoxy) is 1. The summed E-state index contributed by atoms with van der Waals surface area (Å²) in [6.45, 7) is 2.30. The molecule has 0 radical (unpaired) electrons. The Kier molecular flexibility index (Phi) is 6.47. The molecular weight excluding hydrogens is 415 g/mol. The average molecular weight is 435 g/mol. The standard InChI is InChI=1S/C21H20Cl2N2O4/c1-12-6-19-15(9-16(12)23)13(7-21(27)29-19)10-25(2)11-20(26)24-17-8-14(22)4-5-18(17)28-3/h4-9H,10-11H2,1-3H3,(H,24,26). The average Bonchev–Trinajstić information content (AvgIpc) is 2.63. The van der Waals surface area contributed by atoms with Crippen LogP contribution >= 0.6 is 23.2 Å². The molecule has 0 bridgehead atoms. The number of anilines is 1. The van der Waals surface area contributed by atoms with Gasteiger partial charge in [-0.25, -0.2) is 4.79 Å². The van der Waals surface area contributed by atoms with Crippen molar-refractivity contribution in [3.05, 3.63) is 68.0 Å². The number of hydrogen-bond acceptors (Lipinski definition) is 5. The Morgan fingerprint density at radius 3 is 2.69 bits per heavy atom. The minimum absolute atomic E-state index is 0.0942. The van der Waals surface area contributed by atoms with Gasteiger partial charge in [-0.05, 0) is 55.4 Å². The summed E-state index contributed by atoms with van der Waals surface area (Å²) in [5.74, 6) is 0.274. The lowest BCUT2D eigenvalue weighted by molar-refractivity contribution is -0.117. The van der Waals surface area contributed by atoms with Crippen LogP contribution in [0.4, 0.5) is 5.69 Å². The van der Waals surface area contributed by atoms with Gasteiger partial charge in [-0.15, -0.1) is 0 Å². The number of fused-ring (bicyclic) bond motifs is 1. The number of carbonyl (C=O) groups is 1. The predicted molar refractivity (Wildman–Crippen MR) is 115 cm³/mol. The molecule has 152 valence electrons. The van der Waals surface area contributed by atoms with Gasteiger partial charge in [0.2, 0.25) is 5.91 Å². The first-order valence-corrected chi connectivity index (χ1v) is 9.57. The van der Waals surface area contributed by atoms with E-state index in [0.29, 0.717) is 33.6 Å². The van der Waals surface area contributed by atoms with Crippen molar-refractivity contribution in [2.45, 2.75) is 13.5 Å². The van der Waals surface area contributed by atoms with Crippen molar-refractivity contribution in [1.29, 1.82) is 0 Å². The van der Waals surface area contributed by atoms with Crippen LogP contribution in [0.3, 0.4) is 0 Å². The van der Waals surface area contributed by atoms with Gasteiger partial charge in [0.05, 0.1) is 19.3 Å². The van der Waals surface area contributed by atoms with E-state index in [2.05, 4.69) is 5.32 Å². The summed E-state index contributed by atoms with van der Waals surface area (Å²) in [6.07, 6.45) is 0. The number of methoxy groups -OCH3 is 1. The molecule has 3 aromatic rings. The van der Waals surface area contributed by atoms with Crippen LogP contribution in [0.15, 0.2) is 45.6 Å². The van der Waals surface area contributed by atoms with Crippen molar-refractivity contribution in [2.24, 2.45) is 0 Å². The number of rotatable bonds is 6. The Labute approximate surface area is 178 Å². The van der Waals surface area contributed by atoms with E-state index < -0.39 is 5.63 Å². The quantitative estimate of drug-likeness (QED) is 0.578. The van der Waals surface area contributed by atoms with Gasteiger partial charge in [-0.1, -0.05) is 23.2 Å². The number of aryl methyl sites for hydroxylation is 1. The monoisotopic (exact) mass is 434 g/mol. The van der Waals surface area contributed by atoms with Crippen LogP contribution in [-0.4, -0.2) is 31.5 Å². The number of benzene rings is 2. The van der Waals surface area contributed by atoms with Crippen molar-refractivity contribution in [3.8, 4) is 5.75 Å². The van der Waals surface area contributed by atoms with E-state index in [0.717, 1.165) is 16.5 Å². The molecule has 0 spiro atoms. The molecular formula is C21H20Cl2N2O4. The van der Waals surface area contributed by atoms with E-state index >= 15 is 0 Å². The number of amides is 1. The molecule has 3 rings (SSSR count). The fourth-order valence-electron chi connectivity index (χ4n) is 3.04. The zero-order valence-electron chi connectivity index (χ0n) is 16.2. The summed E-state index contributed by atoms with van der Waals surface area (Å²) in [4.78, 5) is 26.2. The van der Waals surface area contributed by atoms with Crippen LogP contribution in [0.1, 0.15) is 11.1 Å². The Morgan fingerprint density at radius 2 is 1.97 bits per heavy atom. The first-order chi connectivity index (χ1) is 13.8. The van der Waals surface area contributed by atoms with Crippen molar-refractivity contribution < 1.29 is 13.9 Å². The third-order valence-electron chi connectivity index (χ3n) is 4.40. The summed E-state index contributed by atoms with van der Waals surface area (Å²) in [5.41, 5.74) is 2.06. The Hall–Kier alpha value is -2.54. The summed E-state index contributed by atoms with van der Waals surface area (Å²) in [7, 11) is 3.30. The zero-order chi connectivity index (χ0) is 21.1. The summed E-state index contributed by atoms with van der Waals surface area (Å²) in [5, 5.41) is 4.61. The zero-order valence-corrected chi connectivity index (χ0v) is 17.7. The fraction of sp³-hybridized carbons (Fsp3) is 0.238. The van der Waals surface area contributed by atoms with Crippen molar-refractivity contribution in [1.82, 2.24) is 4.90 Å². The van der Waals surface area contributed by atoms with Gasteiger partial charge in [0.15, 0.2) is 0 Å². The van der Waals surface area contributed by atoms with Gasteiger partial charge in [-0.2, -0.15) is 0 Å². The van der Waals surface area contributed by atoms with E-state index in [1.807, 2.05) is 6.92 Å². The molecule has 0 aliphatic rings. The lowest BCUT2D eigenvalue weighted by Crippen LogP contribution is -2.30. The van der Waals surface area contributed by atoms with E-state index in [1.165, 1.54) is 13.2 Å². The number of nitrogens with one attached hydrogen (secondary N) is 1. The molecule has 1 aromatic heterocycles. The highest BCUT2D eigenvalue weighted by Crippen LogP contribution is 2.28. The fourth-order valence-corrected chi connectivity index (χ4v) is 3.37. The first-order valence-electron chi connectivity index (χ1n) is 8.81. The van der Waals surface area contributed by atoms with E-state index in [4.69, 9.17) is 32.4 Å². The molecule has 0 saturated carbocycles. The van der Waals surface area contributed by atoms with E-state index in [-0.39, 0.29) is 12.5 Å². The highest BCUT2D eigenvalue weighted by atomic mass is 35.5. The van der Waals surface area contributed by atoms with Crippen molar-refractivity contribution in [2.75, 3.05) is 26.0 Å². The van der Waals surface area contributed by atoms with Gasteiger partial charge in [0, 0.05) is 28.0 Å². The molecule has 6 nitrogen and oxygen atoms in total. The lowest BCUT2D eigenvalue weighted by atomic mass is 10.1. The van der Waals surface area contributed by atoms with E-state index in [9.17, 15) is 9.59 Å². The Bertz CT molecular complexity index is 1130. The second-order valence-corrected chi connectivity index (χ2v) is 7.60. The number of likely N-dealkylation sites (N-methyl/N-ethyl adjacent to an activating group) is 1. The van der Waals surface area contributed by atoms with E-state index in [1.54, 1.807) is 42.3 Å². The molecule has 0 atom stereocenters. The molecule has 1 amide bonds. The molecule has 0 aliphatic heterocycles. The third-order valence-corrected chi connectivity index (χ3v) is 5.04. The Morgan fingerprint density at radius 1 is 1.21 bits per heavy atom. The van der Waals surface area contributed by atoms with Crippen molar-refractivity contribution in [3.63, 3.8) is 0 Å². The highest BCUT2D eigenvalue weighted by Gasteiger charge is 2.14. The molecule has 0 saturated heterocycles. The van der Waals surface area contributed by atoms with Gasteiger partial charge in [0.25, 0.3) is 0 Å². The largest absolute Gasteiger partial charge is 0.495 e. The maximum absolute atomic E-state index is 12.5. The molecule has 0 fully saturated rings. The number of halogens is 2. The van der Waals surface area contributed by atoms with Crippen molar-refractivity contribution >= 4 is 45.8 Å². The third kappa shape index (κ3) is 5.09. The van der Waals surface area contributed by atoms with Crippen LogP contribution < -0.4 is 15.7 Å². The second-order valence-electron chi connectivity index (χ2n) is 6.75. The normalized spacial score (nSPS) is 11.1. The van der Waals surface area contributed by atoms with Gasteiger partial charge >= 0.3 is 5.63 Å². The minimum Gasteiger partial charge on any atom is -0.495 e. The molecule has 29 heavy (non-hydrogen) atoms. The van der Waals surface area contributed by atoms with Crippen LogP contribution in [0.5, 0.6) is 5.75 Å². The minimum atomic E-state index is -0.448. The van der Waals surface area contributed by atoms with Crippen LogP contribution in [0, 0.1) is 6.92 Å². The van der Waals surface area contributed by atoms with Gasteiger partial charge in [-0.3, -0.25) is 9.69 Å². The smallest absolute Gasteiger partial charge is 0.336 e. The highest BCUT2D eigenvalue weighted by molar-refractivity contribution is 6.32. The summed E-state index contributed by atoms with van der Waals surface area (Å²) in [6, 6.07) is 9.92. The molecule has 8 heteroatoms. The van der Waals surface area contributed by atoms with Crippen LogP contribution in [0.2, 0.25) is 10.0 Å². The number of carbonyl (C=O) groups excluding carboxylic acids is 1. The van der Waals surface area contributed by atoms with Gasteiger partial charge < -0.3 is 14.5 Å². The molecule has 2 aromatic carbocycles. The predicted octanol–water partition coefficient (Wildman–Crippen LogP) is 4.49. The molecule has 1 N–H and O–H groups in total. The SMILES string of the molecule is COc1ccc(Cl)cc1NC(=O)CN(C)Cc1cc(=O)oc2cc(C)c(Cl)cc12. The van der Waals surface area contributed by atoms with Crippen LogP contribution in [-0.2, 0) is 11.3 Å². The molecule has 1 heterocycles.